The third-order valence-corrected chi connectivity index (χ3v) is 4.84. The third kappa shape index (κ3) is 4.20. The van der Waals surface area contributed by atoms with E-state index in [1.807, 2.05) is 20.8 Å². The summed E-state index contributed by atoms with van der Waals surface area (Å²) in [7, 11) is 1.47. The van der Waals surface area contributed by atoms with E-state index in [0.717, 1.165) is 6.42 Å². The quantitative estimate of drug-likeness (QED) is 0.731. The Kier molecular flexibility index (Phi) is 6.04. The summed E-state index contributed by atoms with van der Waals surface area (Å²) in [4.78, 5) is 14.2. The van der Waals surface area contributed by atoms with Crippen LogP contribution >= 0.6 is 26.6 Å². The molecule has 0 atom stereocenters. The van der Waals surface area contributed by atoms with Gasteiger partial charge in [0.25, 0.3) is 15.0 Å². The molecule has 0 spiro atoms. The van der Waals surface area contributed by atoms with Crippen LogP contribution in [-0.4, -0.2) is 31.8 Å². The van der Waals surface area contributed by atoms with Gasteiger partial charge in [0.15, 0.2) is 0 Å². The molecular formula is C13H17BrClNO3S. The molecule has 0 aliphatic carbocycles. The van der Waals surface area contributed by atoms with Crippen LogP contribution in [-0.2, 0) is 9.05 Å². The van der Waals surface area contributed by atoms with Gasteiger partial charge in [0, 0.05) is 27.7 Å². The van der Waals surface area contributed by atoms with Gasteiger partial charge in [-0.2, -0.15) is 0 Å². The Hall–Kier alpha value is -0.590. The first-order chi connectivity index (χ1) is 9.18. The largest absolute Gasteiger partial charge is 0.336 e. The van der Waals surface area contributed by atoms with Gasteiger partial charge in [-0.15, -0.1) is 0 Å². The maximum atomic E-state index is 12.5. The van der Waals surface area contributed by atoms with Gasteiger partial charge in [-0.05, 0) is 54.4 Å². The summed E-state index contributed by atoms with van der Waals surface area (Å²) in [5.41, 5.74) is 0.300. The van der Waals surface area contributed by atoms with Gasteiger partial charge in [-0.1, -0.05) is 6.92 Å². The SMILES string of the molecule is CCCN(C(=O)c1cc(S(=O)(=O)Cl)ccc1Br)C(C)C. The number of amides is 1. The van der Waals surface area contributed by atoms with Crippen molar-refractivity contribution in [1.82, 2.24) is 4.90 Å². The fraction of sp³-hybridized carbons (Fsp3) is 0.462. The summed E-state index contributed by atoms with van der Waals surface area (Å²) < 4.78 is 23.3. The molecule has 0 saturated carbocycles. The second-order valence-electron chi connectivity index (χ2n) is 4.67. The molecule has 0 fully saturated rings. The molecule has 1 rings (SSSR count). The first-order valence-corrected chi connectivity index (χ1v) is 9.34. The molecule has 0 bridgehead atoms. The van der Waals surface area contributed by atoms with Gasteiger partial charge < -0.3 is 4.90 Å². The Morgan fingerprint density at radius 2 is 2.00 bits per heavy atom. The number of carbonyl (C=O) groups is 1. The van der Waals surface area contributed by atoms with Crippen molar-refractivity contribution in [1.29, 1.82) is 0 Å². The van der Waals surface area contributed by atoms with Gasteiger partial charge in [0.2, 0.25) is 0 Å². The lowest BCUT2D eigenvalue weighted by Gasteiger charge is -2.27. The van der Waals surface area contributed by atoms with Crippen LogP contribution < -0.4 is 0 Å². The van der Waals surface area contributed by atoms with Crippen molar-refractivity contribution in [2.45, 2.75) is 38.1 Å². The molecule has 0 heterocycles. The molecule has 1 aromatic rings. The van der Waals surface area contributed by atoms with Crippen LogP contribution in [0.15, 0.2) is 27.6 Å². The molecule has 0 aliphatic rings. The van der Waals surface area contributed by atoms with E-state index in [0.29, 0.717) is 16.6 Å². The fourth-order valence-electron chi connectivity index (χ4n) is 1.81. The Bertz CT molecular complexity index is 602. The molecule has 7 heteroatoms. The third-order valence-electron chi connectivity index (χ3n) is 2.80. The zero-order chi connectivity index (χ0) is 15.5. The molecule has 4 nitrogen and oxygen atoms in total. The van der Waals surface area contributed by atoms with Crippen molar-refractivity contribution in [3.63, 3.8) is 0 Å². The standard InChI is InChI=1S/C13H17BrClNO3S/c1-4-7-16(9(2)3)13(17)11-8-10(20(15,18)19)5-6-12(11)14/h5-6,8-9H,4,7H2,1-3H3. The van der Waals surface area contributed by atoms with Crippen LogP contribution in [0.1, 0.15) is 37.6 Å². The molecule has 0 saturated heterocycles. The van der Waals surface area contributed by atoms with Crippen molar-refractivity contribution in [3.8, 4) is 0 Å². The Morgan fingerprint density at radius 3 is 2.45 bits per heavy atom. The molecule has 112 valence electrons. The monoisotopic (exact) mass is 381 g/mol. The molecule has 1 amide bonds. The van der Waals surface area contributed by atoms with Gasteiger partial charge in [-0.3, -0.25) is 4.79 Å². The molecule has 0 aromatic heterocycles. The zero-order valence-electron chi connectivity index (χ0n) is 11.6. The number of hydrogen-bond donors (Lipinski definition) is 0. The van der Waals surface area contributed by atoms with Gasteiger partial charge in [0.1, 0.15) is 0 Å². The van der Waals surface area contributed by atoms with Crippen LogP contribution in [0, 0.1) is 0 Å². The second kappa shape index (κ2) is 6.91. The van der Waals surface area contributed by atoms with E-state index in [2.05, 4.69) is 15.9 Å². The molecule has 0 N–H and O–H groups in total. The minimum atomic E-state index is -3.85. The topological polar surface area (TPSA) is 54.5 Å². The lowest BCUT2D eigenvalue weighted by molar-refractivity contribution is 0.0704. The van der Waals surface area contributed by atoms with Crippen LogP contribution in [0.3, 0.4) is 0 Å². The predicted octanol–water partition coefficient (Wildman–Crippen LogP) is 3.64. The lowest BCUT2D eigenvalue weighted by Crippen LogP contribution is -2.37. The summed E-state index contributed by atoms with van der Waals surface area (Å²) in [5, 5.41) is 0. The predicted molar refractivity (Wildman–Crippen MR) is 83.6 cm³/mol. The smallest absolute Gasteiger partial charge is 0.261 e. The summed E-state index contributed by atoms with van der Waals surface area (Å²) in [6.07, 6.45) is 0.828. The van der Waals surface area contributed by atoms with E-state index in [4.69, 9.17) is 10.7 Å². The highest BCUT2D eigenvalue weighted by molar-refractivity contribution is 9.10. The van der Waals surface area contributed by atoms with E-state index in [-0.39, 0.29) is 16.8 Å². The molecule has 0 radical (unpaired) electrons. The molecule has 0 unspecified atom stereocenters. The number of nitrogens with zero attached hydrogens (tertiary/aromatic N) is 1. The maximum Gasteiger partial charge on any atom is 0.261 e. The highest BCUT2D eigenvalue weighted by Gasteiger charge is 2.22. The van der Waals surface area contributed by atoms with Crippen LogP contribution in [0.4, 0.5) is 0 Å². The first-order valence-electron chi connectivity index (χ1n) is 6.23. The molecule has 0 aliphatic heterocycles. The Balaban J connectivity index is 3.27. The lowest BCUT2D eigenvalue weighted by atomic mass is 10.1. The van der Waals surface area contributed by atoms with E-state index in [9.17, 15) is 13.2 Å². The van der Waals surface area contributed by atoms with Gasteiger partial charge >= 0.3 is 0 Å². The van der Waals surface area contributed by atoms with Crippen molar-refractivity contribution in [2.24, 2.45) is 0 Å². The highest BCUT2D eigenvalue weighted by Crippen LogP contribution is 2.25. The normalized spacial score (nSPS) is 11.7. The van der Waals surface area contributed by atoms with Crippen molar-refractivity contribution >= 4 is 41.6 Å². The van der Waals surface area contributed by atoms with Crippen LogP contribution in [0.2, 0.25) is 0 Å². The summed E-state index contributed by atoms with van der Waals surface area (Å²) >= 11 is 3.28. The summed E-state index contributed by atoms with van der Waals surface area (Å²) in [6.45, 7) is 6.44. The van der Waals surface area contributed by atoms with Gasteiger partial charge in [-0.25, -0.2) is 8.42 Å². The highest BCUT2D eigenvalue weighted by atomic mass is 79.9. The molecular weight excluding hydrogens is 366 g/mol. The number of hydrogen-bond acceptors (Lipinski definition) is 3. The van der Waals surface area contributed by atoms with Crippen molar-refractivity contribution < 1.29 is 13.2 Å². The van der Waals surface area contributed by atoms with Crippen molar-refractivity contribution in [2.75, 3.05) is 6.54 Å². The average Bonchev–Trinajstić information content (AvgIpc) is 2.34. The molecule has 1 aromatic carbocycles. The first kappa shape index (κ1) is 17.5. The van der Waals surface area contributed by atoms with E-state index in [1.165, 1.54) is 18.2 Å². The average molecular weight is 383 g/mol. The van der Waals surface area contributed by atoms with E-state index in [1.54, 1.807) is 4.90 Å². The number of benzene rings is 1. The fourth-order valence-corrected chi connectivity index (χ4v) is 3.00. The maximum absolute atomic E-state index is 12.5. The number of carbonyl (C=O) groups excluding carboxylic acids is 1. The molecule has 20 heavy (non-hydrogen) atoms. The van der Waals surface area contributed by atoms with Crippen molar-refractivity contribution in [3.05, 3.63) is 28.2 Å². The Morgan fingerprint density at radius 1 is 1.40 bits per heavy atom. The van der Waals surface area contributed by atoms with E-state index < -0.39 is 9.05 Å². The van der Waals surface area contributed by atoms with Gasteiger partial charge in [0.05, 0.1) is 10.5 Å². The van der Waals surface area contributed by atoms with Crippen LogP contribution in [0.5, 0.6) is 0 Å². The number of rotatable bonds is 5. The zero-order valence-corrected chi connectivity index (χ0v) is 14.7. The van der Waals surface area contributed by atoms with Crippen LogP contribution in [0.25, 0.3) is 0 Å². The second-order valence-corrected chi connectivity index (χ2v) is 8.09. The summed E-state index contributed by atoms with van der Waals surface area (Å²) in [6, 6.07) is 4.22. The minimum Gasteiger partial charge on any atom is -0.336 e. The number of halogens is 2. The summed E-state index contributed by atoms with van der Waals surface area (Å²) in [5.74, 6) is -0.212. The van der Waals surface area contributed by atoms with E-state index >= 15 is 0 Å². The minimum absolute atomic E-state index is 0.0330. The Labute approximate surface area is 132 Å².